The van der Waals surface area contributed by atoms with Crippen LogP contribution in [0.25, 0.3) is 6.08 Å². The van der Waals surface area contributed by atoms with Crippen LogP contribution in [0.3, 0.4) is 0 Å². The molecule has 1 heterocycles. The van der Waals surface area contributed by atoms with Gasteiger partial charge in [-0.15, -0.1) is 0 Å². The van der Waals surface area contributed by atoms with Crippen LogP contribution in [0.15, 0.2) is 81.6 Å². The summed E-state index contributed by atoms with van der Waals surface area (Å²) in [4.78, 5) is 12.4. The number of furan rings is 1. The SMILES string of the molecule is N#CC(=Cc1ccc(CNS(=O)(=O)c2ccccc2)o1)C(=O)Nc1ccc(F)cc1. The van der Waals surface area contributed by atoms with Gasteiger partial charge in [-0.1, -0.05) is 18.2 Å². The Morgan fingerprint density at radius 1 is 1.07 bits per heavy atom. The van der Waals surface area contributed by atoms with Crippen molar-refractivity contribution in [2.45, 2.75) is 11.4 Å². The molecular weight excluding hydrogens is 409 g/mol. The predicted molar refractivity (Wildman–Crippen MR) is 108 cm³/mol. The van der Waals surface area contributed by atoms with E-state index in [2.05, 4.69) is 10.0 Å². The van der Waals surface area contributed by atoms with Crippen molar-refractivity contribution in [2.75, 3.05) is 5.32 Å². The van der Waals surface area contributed by atoms with Gasteiger partial charge in [-0.2, -0.15) is 5.26 Å². The highest BCUT2D eigenvalue weighted by Gasteiger charge is 2.15. The standard InChI is InChI=1S/C21H16FN3O4S/c22-16-6-8-17(9-7-16)25-21(26)15(13-23)12-18-10-11-19(29-18)14-24-30(27,28)20-4-2-1-3-5-20/h1-12,24H,14H2,(H,25,26). The Labute approximate surface area is 172 Å². The van der Waals surface area contributed by atoms with Crippen LogP contribution in [0.5, 0.6) is 0 Å². The average Bonchev–Trinajstić information content (AvgIpc) is 3.20. The summed E-state index contributed by atoms with van der Waals surface area (Å²) in [6, 6.07) is 17.8. The minimum atomic E-state index is -3.70. The Balaban J connectivity index is 1.66. The van der Waals surface area contributed by atoms with Crippen LogP contribution >= 0.6 is 0 Å². The minimum absolute atomic E-state index is 0.102. The number of nitrogens with zero attached hydrogens (tertiary/aromatic N) is 1. The highest BCUT2D eigenvalue weighted by atomic mass is 32.2. The lowest BCUT2D eigenvalue weighted by molar-refractivity contribution is -0.112. The van der Waals surface area contributed by atoms with Gasteiger partial charge >= 0.3 is 0 Å². The molecule has 0 spiro atoms. The van der Waals surface area contributed by atoms with Gasteiger partial charge in [-0.3, -0.25) is 4.79 Å². The van der Waals surface area contributed by atoms with Gasteiger partial charge in [0.1, 0.15) is 29.0 Å². The number of nitriles is 1. The molecule has 2 N–H and O–H groups in total. The summed E-state index contributed by atoms with van der Waals surface area (Å²) in [6.45, 7) is -0.102. The topological polar surface area (TPSA) is 112 Å². The third-order valence-corrected chi connectivity index (χ3v) is 5.34. The van der Waals surface area contributed by atoms with E-state index in [1.54, 1.807) is 24.3 Å². The van der Waals surface area contributed by atoms with E-state index in [9.17, 15) is 22.9 Å². The second kappa shape index (κ2) is 9.17. The van der Waals surface area contributed by atoms with Crippen LogP contribution in [-0.2, 0) is 21.4 Å². The van der Waals surface area contributed by atoms with Gasteiger partial charge in [0.2, 0.25) is 10.0 Å². The normalized spacial score (nSPS) is 11.7. The van der Waals surface area contributed by atoms with Crippen LogP contribution in [0, 0.1) is 17.1 Å². The number of halogens is 1. The Hall–Kier alpha value is -3.74. The van der Waals surface area contributed by atoms with Crippen molar-refractivity contribution in [3.8, 4) is 6.07 Å². The summed E-state index contributed by atoms with van der Waals surface area (Å²) in [7, 11) is -3.70. The molecule has 0 atom stereocenters. The molecule has 0 saturated carbocycles. The quantitative estimate of drug-likeness (QED) is 0.445. The molecule has 2 aromatic carbocycles. The lowest BCUT2D eigenvalue weighted by atomic mass is 10.2. The van der Waals surface area contributed by atoms with Gasteiger partial charge in [0.15, 0.2) is 0 Å². The Kier molecular flexibility index (Phi) is 6.41. The Morgan fingerprint density at radius 2 is 1.77 bits per heavy atom. The van der Waals surface area contributed by atoms with Crippen LogP contribution in [0.4, 0.5) is 10.1 Å². The number of anilines is 1. The maximum Gasteiger partial charge on any atom is 0.266 e. The van der Waals surface area contributed by atoms with Crippen molar-refractivity contribution in [1.29, 1.82) is 5.26 Å². The van der Waals surface area contributed by atoms with E-state index in [0.29, 0.717) is 11.4 Å². The van der Waals surface area contributed by atoms with Crippen LogP contribution in [0.2, 0.25) is 0 Å². The van der Waals surface area contributed by atoms with Crippen molar-refractivity contribution in [3.05, 3.63) is 89.6 Å². The monoisotopic (exact) mass is 425 g/mol. The second-order valence-electron chi connectivity index (χ2n) is 6.07. The van der Waals surface area contributed by atoms with Gasteiger partial charge in [0, 0.05) is 11.8 Å². The minimum Gasteiger partial charge on any atom is -0.460 e. The molecule has 0 aliphatic carbocycles. The smallest absolute Gasteiger partial charge is 0.266 e. The molecule has 1 aromatic heterocycles. The van der Waals surface area contributed by atoms with Crippen molar-refractivity contribution in [1.82, 2.24) is 4.72 Å². The number of carbonyl (C=O) groups is 1. The molecule has 0 bridgehead atoms. The molecular formula is C21H16FN3O4S. The lowest BCUT2D eigenvalue weighted by Crippen LogP contribution is -2.22. The van der Waals surface area contributed by atoms with Gasteiger partial charge in [0.25, 0.3) is 5.91 Å². The molecule has 1 amide bonds. The van der Waals surface area contributed by atoms with Crippen LogP contribution in [-0.4, -0.2) is 14.3 Å². The van der Waals surface area contributed by atoms with Gasteiger partial charge < -0.3 is 9.73 Å². The number of hydrogen-bond acceptors (Lipinski definition) is 5. The highest BCUT2D eigenvalue weighted by molar-refractivity contribution is 7.89. The molecule has 0 saturated heterocycles. The van der Waals surface area contributed by atoms with Crippen molar-refractivity contribution < 1.29 is 22.0 Å². The van der Waals surface area contributed by atoms with E-state index in [4.69, 9.17) is 4.42 Å². The van der Waals surface area contributed by atoms with Crippen LogP contribution < -0.4 is 10.0 Å². The molecule has 0 aliphatic rings. The number of rotatable bonds is 7. The van der Waals surface area contributed by atoms with E-state index in [0.717, 1.165) is 0 Å². The third-order valence-electron chi connectivity index (χ3n) is 3.93. The summed E-state index contributed by atoms with van der Waals surface area (Å²) in [5.74, 6) is -0.631. The average molecular weight is 425 g/mol. The maximum atomic E-state index is 12.9. The number of hydrogen-bond donors (Lipinski definition) is 2. The molecule has 3 aromatic rings. The molecule has 3 rings (SSSR count). The zero-order valence-electron chi connectivity index (χ0n) is 15.5. The zero-order valence-corrected chi connectivity index (χ0v) is 16.3. The number of carbonyl (C=O) groups excluding carboxylic acids is 1. The molecule has 30 heavy (non-hydrogen) atoms. The zero-order chi connectivity index (χ0) is 21.6. The number of sulfonamides is 1. The van der Waals surface area contributed by atoms with Crippen molar-refractivity contribution in [3.63, 3.8) is 0 Å². The molecule has 7 nitrogen and oxygen atoms in total. The van der Waals surface area contributed by atoms with E-state index < -0.39 is 21.7 Å². The van der Waals surface area contributed by atoms with Crippen molar-refractivity contribution in [2.24, 2.45) is 0 Å². The van der Waals surface area contributed by atoms with E-state index in [-0.39, 0.29) is 22.8 Å². The highest BCUT2D eigenvalue weighted by Crippen LogP contribution is 2.15. The number of amides is 1. The third kappa shape index (κ3) is 5.41. The molecule has 0 fully saturated rings. The number of benzene rings is 2. The van der Waals surface area contributed by atoms with Crippen LogP contribution in [0.1, 0.15) is 11.5 Å². The summed E-state index contributed by atoms with van der Waals surface area (Å²) in [6.07, 6.45) is 1.23. The summed E-state index contributed by atoms with van der Waals surface area (Å²) >= 11 is 0. The first-order valence-electron chi connectivity index (χ1n) is 8.69. The van der Waals surface area contributed by atoms with Crippen molar-refractivity contribution >= 4 is 27.7 Å². The summed E-state index contributed by atoms with van der Waals surface area (Å²) in [5.41, 5.74) is 0.100. The summed E-state index contributed by atoms with van der Waals surface area (Å²) < 4.78 is 45.3. The summed E-state index contributed by atoms with van der Waals surface area (Å²) in [5, 5.41) is 11.7. The molecule has 0 unspecified atom stereocenters. The van der Waals surface area contributed by atoms with E-state index in [1.165, 1.54) is 54.6 Å². The lowest BCUT2D eigenvalue weighted by Gasteiger charge is -2.05. The molecule has 0 radical (unpaired) electrons. The first kappa shape index (κ1) is 21.0. The number of nitrogens with one attached hydrogen (secondary N) is 2. The second-order valence-corrected chi connectivity index (χ2v) is 7.84. The Bertz CT molecular complexity index is 1210. The first-order valence-corrected chi connectivity index (χ1v) is 10.2. The Morgan fingerprint density at radius 3 is 2.43 bits per heavy atom. The van der Waals surface area contributed by atoms with E-state index >= 15 is 0 Å². The fourth-order valence-corrected chi connectivity index (χ4v) is 3.45. The molecule has 9 heteroatoms. The maximum absolute atomic E-state index is 12.9. The van der Waals surface area contributed by atoms with E-state index in [1.807, 2.05) is 0 Å². The van der Waals surface area contributed by atoms with Gasteiger partial charge in [0.05, 0.1) is 11.4 Å². The van der Waals surface area contributed by atoms with Gasteiger partial charge in [-0.25, -0.2) is 17.5 Å². The fraction of sp³-hybridized carbons (Fsp3) is 0.0476. The largest absolute Gasteiger partial charge is 0.460 e. The predicted octanol–water partition coefficient (Wildman–Crippen LogP) is 3.44. The first-order chi connectivity index (χ1) is 14.4. The molecule has 152 valence electrons. The molecule has 0 aliphatic heterocycles. The van der Waals surface area contributed by atoms with Gasteiger partial charge in [-0.05, 0) is 48.5 Å². The fourth-order valence-electron chi connectivity index (χ4n) is 2.44.